The molecule has 0 radical (unpaired) electrons. The second kappa shape index (κ2) is 5.78. The Bertz CT molecular complexity index is 988. The van der Waals surface area contributed by atoms with Crippen molar-refractivity contribution in [1.29, 1.82) is 0 Å². The lowest BCUT2D eigenvalue weighted by molar-refractivity contribution is 0.273. The van der Waals surface area contributed by atoms with Crippen molar-refractivity contribution in [2.75, 3.05) is 7.11 Å². The largest absolute Gasteiger partial charge is 0.504 e. The molecule has 0 fully saturated rings. The first-order valence-electron chi connectivity index (χ1n) is 6.96. The number of phenolic OH excluding ortho intramolecular Hbond substituents is 2. The van der Waals surface area contributed by atoms with Crippen LogP contribution in [-0.2, 0) is 6.61 Å². The number of ether oxygens (including phenoxy) is 1. The highest BCUT2D eigenvalue weighted by Crippen LogP contribution is 2.37. The molecular weight excluding hydrogens is 316 g/mol. The summed E-state index contributed by atoms with van der Waals surface area (Å²) in [5.41, 5.74) is -0.116. The summed E-state index contributed by atoms with van der Waals surface area (Å²) in [6.07, 6.45) is 0. The maximum absolute atomic E-state index is 12.3. The zero-order chi connectivity index (χ0) is 17.4. The second-order valence-electron chi connectivity index (χ2n) is 5.13. The van der Waals surface area contributed by atoms with Gasteiger partial charge in [0.05, 0.1) is 13.7 Å². The number of aliphatic hydroxyl groups excluding tert-OH is 1. The highest BCUT2D eigenvalue weighted by Gasteiger charge is 2.17. The number of hydrogen-bond acceptors (Lipinski definition) is 7. The topological polar surface area (TPSA) is 120 Å². The van der Waals surface area contributed by atoms with Crippen molar-refractivity contribution in [2.24, 2.45) is 0 Å². The monoisotopic (exact) mass is 330 g/mol. The molecule has 124 valence electrons. The molecule has 7 nitrogen and oxygen atoms in total. The summed E-state index contributed by atoms with van der Waals surface area (Å²) < 4.78 is 10.6. The maximum Gasteiger partial charge on any atom is 0.197 e. The molecule has 4 N–H and O–H groups in total. The van der Waals surface area contributed by atoms with Crippen LogP contribution in [0.4, 0.5) is 0 Å². The summed E-state index contributed by atoms with van der Waals surface area (Å²) in [6.45, 7) is -0.535. The Balaban J connectivity index is 2.26. The van der Waals surface area contributed by atoms with E-state index in [1.807, 2.05) is 0 Å². The van der Waals surface area contributed by atoms with E-state index < -0.39 is 23.5 Å². The van der Waals surface area contributed by atoms with Crippen molar-refractivity contribution in [3.8, 4) is 34.3 Å². The molecule has 0 saturated heterocycles. The minimum Gasteiger partial charge on any atom is -0.504 e. The van der Waals surface area contributed by atoms with E-state index in [1.165, 1.54) is 25.3 Å². The first kappa shape index (κ1) is 15.7. The van der Waals surface area contributed by atoms with Crippen molar-refractivity contribution in [1.82, 2.24) is 0 Å². The van der Waals surface area contributed by atoms with Gasteiger partial charge in [-0.3, -0.25) is 4.79 Å². The molecule has 0 aliphatic rings. The third kappa shape index (κ3) is 2.40. The smallest absolute Gasteiger partial charge is 0.197 e. The van der Waals surface area contributed by atoms with Crippen LogP contribution in [0, 0.1) is 0 Å². The fourth-order valence-electron chi connectivity index (χ4n) is 2.45. The molecule has 7 heteroatoms. The van der Waals surface area contributed by atoms with Gasteiger partial charge in [-0.1, -0.05) is 0 Å². The molecule has 0 atom stereocenters. The van der Waals surface area contributed by atoms with Crippen LogP contribution in [0.15, 0.2) is 39.5 Å². The van der Waals surface area contributed by atoms with Gasteiger partial charge in [0, 0.05) is 17.2 Å². The molecule has 0 amide bonds. The maximum atomic E-state index is 12.3. The van der Waals surface area contributed by atoms with E-state index in [0.717, 1.165) is 6.07 Å². The van der Waals surface area contributed by atoms with Gasteiger partial charge in [0.25, 0.3) is 0 Å². The van der Waals surface area contributed by atoms with Crippen LogP contribution in [0.25, 0.3) is 22.3 Å². The SMILES string of the molecule is COc1ccc(-c2cc(=O)c3c(O)c(O)c(CO)cc3o2)cc1O. The molecule has 0 aliphatic heterocycles. The summed E-state index contributed by atoms with van der Waals surface area (Å²) in [5.74, 6) is -0.907. The van der Waals surface area contributed by atoms with Gasteiger partial charge in [0.15, 0.2) is 28.4 Å². The number of aromatic hydroxyl groups is 3. The minimum atomic E-state index is -0.644. The number of hydrogen-bond donors (Lipinski definition) is 4. The Morgan fingerprint density at radius 1 is 1.08 bits per heavy atom. The van der Waals surface area contributed by atoms with Crippen LogP contribution in [0.2, 0.25) is 0 Å². The summed E-state index contributed by atoms with van der Waals surface area (Å²) >= 11 is 0. The molecule has 3 rings (SSSR count). The van der Waals surface area contributed by atoms with E-state index >= 15 is 0 Å². The van der Waals surface area contributed by atoms with E-state index in [4.69, 9.17) is 9.15 Å². The van der Waals surface area contributed by atoms with Gasteiger partial charge in [-0.2, -0.15) is 0 Å². The van der Waals surface area contributed by atoms with Crippen LogP contribution < -0.4 is 10.2 Å². The molecule has 0 unspecified atom stereocenters. The third-order valence-corrected chi connectivity index (χ3v) is 3.68. The van der Waals surface area contributed by atoms with E-state index in [-0.39, 0.29) is 33.8 Å². The lowest BCUT2D eigenvalue weighted by Crippen LogP contribution is -2.02. The molecule has 24 heavy (non-hydrogen) atoms. The van der Waals surface area contributed by atoms with Crippen molar-refractivity contribution >= 4 is 11.0 Å². The minimum absolute atomic E-state index is 0.00663. The Kier molecular flexibility index (Phi) is 3.78. The van der Waals surface area contributed by atoms with Crippen LogP contribution in [0.3, 0.4) is 0 Å². The van der Waals surface area contributed by atoms with Crippen molar-refractivity contribution in [3.05, 3.63) is 46.1 Å². The zero-order valence-corrected chi connectivity index (χ0v) is 12.6. The van der Waals surface area contributed by atoms with Gasteiger partial charge >= 0.3 is 0 Å². The number of phenols is 3. The van der Waals surface area contributed by atoms with E-state index in [1.54, 1.807) is 6.07 Å². The van der Waals surface area contributed by atoms with Crippen LogP contribution in [-0.4, -0.2) is 27.5 Å². The standard InChI is InChI=1S/C17H14O7/c1-23-12-3-2-8(4-10(12)19)13-6-11(20)15-14(24-13)5-9(7-18)16(21)17(15)22/h2-6,18-19,21-22H,7H2,1H3. The van der Waals surface area contributed by atoms with Crippen LogP contribution in [0.5, 0.6) is 23.0 Å². The number of rotatable bonds is 3. The van der Waals surface area contributed by atoms with E-state index in [2.05, 4.69) is 0 Å². The second-order valence-corrected chi connectivity index (χ2v) is 5.13. The van der Waals surface area contributed by atoms with Gasteiger partial charge in [0.2, 0.25) is 0 Å². The third-order valence-electron chi connectivity index (χ3n) is 3.68. The Morgan fingerprint density at radius 2 is 1.83 bits per heavy atom. The fourth-order valence-corrected chi connectivity index (χ4v) is 2.45. The average Bonchev–Trinajstić information content (AvgIpc) is 2.57. The summed E-state index contributed by atoms with van der Waals surface area (Å²) in [5, 5.41) is 38.6. The van der Waals surface area contributed by atoms with E-state index in [0.29, 0.717) is 5.56 Å². The van der Waals surface area contributed by atoms with Gasteiger partial charge in [0.1, 0.15) is 16.7 Å². The Hall–Kier alpha value is -3.19. The first-order valence-corrected chi connectivity index (χ1v) is 6.96. The summed E-state index contributed by atoms with van der Waals surface area (Å²) in [7, 11) is 1.41. The molecule has 0 bridgehead atoms. The summed E-state index contributed by atoms with van der Waals surface area (Å²) in [6, 6.07) is 6.90. The highest BCUT2D eigenvalue weighted by atomic mass is 16.5. The Labute approximate surface area is 135 Å². The van der Waals surface area contributed by atoms with Crippen LogP contribution in [0.1, 0.15) is 5.56 Å². The fraction of sp³-hybridized carbons (Fsp3) is 0.118. The highest BCUT2D eigenvalue weighted by molar-refractivity contribution is 5.88. The lowest BCUT2D eigenvalue weighted by atomic mass is 10.1. The van der Waals surface area contributed by atoms with Crippen molar-refractivity contribution in [3.63, 3.8) is 0 Å². The molecule has 1 heterocycles. The quantitative estimate of drug-likeness (QED) is 0.543. The number of fused-ring (bicyclic) bond motifs is 1. The number of aliphatic hydroxyl groups is 1. The number of benzene rings is 2. The molecule has 0 aliphatic carbocycles. The van der Waals surface area contributed by atoms with E-state index in [9.17, 15) is 25.2 Å². The molecule has 0 saturated carbocycles. The Morgan fingerprint density at radius 3 is 2.46 bits per heavy atom. The lowest BCUT2D eigenvalue weighted by Gasteiger charge is -2.09. The van der Waals surface area contributed by atoms with Crippen molar-refractivity contribution in [2.45, 2.75) is 6.61 Å². The molecule has 0 spiro atoms. The van der Waals surface area contributed by atoms with Gasteiger partial charge in [-0.15, -0.1) is 0 Å². The van der Waals surface area contributed by atoms with Gasteiger partial charge in [-0.05, 0) is 24.3 Å². The molecular formula is C17H14O7. The molecule has 3 aromatic rings. The molecule has 1 aromatic heterocycles. The molecule has 2 aromatic carbocycles. The van der Waals surface area contributed by atoms with Crippen molar-refractivity contribution < 1.29 is 29.6 Å². The zero-order valence-electron chi connectivity index (χ0n) is 12.6. The first-order chi connectivity index (χ1) is 11.5. The van der Waals surface area contributed by atoms with Crippen LogP contribution >= 0.6 is 0 Å². The summed E-state index contributed by atoms with van der Waals surface area (Å²) in [4.78, 5) is 12.3. The average molecular weight is 330 g/mol. The predicted molar refractivity (Wildman–Crippen MR) is 85.4 cm³/mol. The normalized spacial score (nSPS) is 10.9. The van der Waals surface area contributed by atoms with Gasteiger partial charge < -0.3 is 29.6 Å². The van der Waals surface area contributed by atoms with Gasteiger partial charge in [-0.25, -0.2) is 0 Å². The predicted octanol–water partition coefficient (Wildman–Crippen LogP) is 2.08. The number of methoxy groups -OCH3 is 1.